The molecule has 0 aliphatic rings. The summed E-state index contributed by atoms with van der Waals surface area (Å²) in [6.45, 7) is 10.0. The second-order valence-corrected chi connectivity index (χ2v) is 5.25. The Morgan fingerprint density at radius 1 is 0.950 bits per heavy atom. The van der Waals surface area contributed by atoms with E-state index in [4.69, 9.17) is 0 Å². The van der Waals surface area contributed by atoms with Gasteiger partial charge in [-0.1, -0.05) is 67.6 Å². The number of hydrogen-bond donors (Lipinski definition) is 1. The molecule has 2 aromatic carbocycles. The van der Waals surface area contributed by atoms with Crippen molar-refractivity contribution >= 4 is 5.57 Å². The molecule has 0 fully saturated rings. The van der Waals surface area contributed by atoms with Crippen LogP contribution in [0.3, 0.4) is 0 Å². The van der Waals surface area contributed by atoms with Gasteiger partial charge in [-0.05, 0) is 35.6 Å². The van der Waals surface area contributed by atoms with E-state index < -0.39 is 0 Å². The van der Waals surface area contributed by atoms with E-state index in [1.54, 1.807) is 0 Å². The van der Waals surface area contributed by atoms with Gasteiger partial charge in [0.2, 0.25) is 0 Å². The van der Waals surface area contributed by atoms with E-state index in [1.807, 2.05) is 6.92 Å². The first-order valence-electron chi connectivity index (χ1n) is 7.22. The molecule has 2 aromatic rings. The van der Waals surface area contributed by atoms with E-state index in [1.165, 1.54) is 22.3 Å². The molecule has 2 rings (SSSR count). The molecule has 0 amide bonds. The van der Waals surface area contributed by atoms with E-state index in [9.17, 15) is 0 Å². The first-order valence-corrected chi connectivity index (χ1v) is 7.22. The predicted molar refractivity (Wildman–Crippen MR) is 87.5 cm³/mol. The molecule has 0 aliphatic heterocycles. The van der Waals surface area contributed by atoms with Gasteiger partial charge in [0, 0.05) is 13.1 Å². The highest BCUT2D eigenvalue weighted by Gasteiger charge is 1.98. The second-order valence-electron chi connectivity index (χ2n) is 5.25. The van der Waals surface area contributed by atoms with Crippen LogP contribution in [0.4, 0.5) is 0 Å². The lowest BCUT2D eigenvalue weighted by Crippen LogP contribution is -2.12. The van der Waals surface area contributed by atoms with Crippen molar-refractivity contribution in [3.05, 3.63) is 77.4 Å². The van der Waals surface area contributed by atoms with E-state index in [0.29, 0.717) is 0 Å². The van der Waals surface area contributed by atoms with Crippen LogP contribution in [0.15, 0.2) is 55.1 Å². The molecule has 1 heteroatoms. The highest BCUT2D eigenvalue weighted by molar-refractivity contribution is 5.61. The summed E-state index contributed by atoms with van der Waals surface area (Å²) in [5, 5.41) is 3.49. The zero-order chi connectivity index (χ0) is 14.4. The molecule has 20 heavy (non-hydrogen) atoms. The Morgan fingerprint density at radius 2 is 1.60 bits per heavy atom. The first-order chi connectivity index (χ1) is 9.69. The van der Waals surface area contributed by atoms with Crippen LogP contribution >= 0.6 is 0 Å². The fourth-order valence-corrected chi connectivity index (χ4v) is 2.19. The third kappa shape index (κ3) is 4.07. The molecule has 0 radical (unpaired) electrons. The summed E-state index contributed by atoms with van der Waals surface area (Å²) in [7, 11) is 0. The van der Waals surface area contributed by atoms with Crippen LogP contribution in [0, 0.1) is 0 Å². The average Bonchev–Trinajstić information content (AvgIpc) is 2.48. The van der Waals surface area contributed by atoms with Gasteiger partial charge in [-0.3, -0.25) is 0 Å². The third-order valence-electron chi connectivity index (χ3n) is 3.51. The minimum atomic E-state index is 0.886. The molecule has 0 atom stereocenters. The van der Waals surface area contributed by atoms with Crippen LogP contribution in [-0.4, -0.2) is 0 Å². The van der Waals surface area contributed by atoms with E-state index >= 15 is 0 Å². The number of aryl methyl sites for hydroxylation is 1. The molecule has 104 valence electrons. The van der Waals surface area contributed by atoms with E-state index in [-0.39, 0.29) is 0 Å². The lowest BCUT2D eigenvalue weighted by atomic mass is 10.1. The summed E-state index contributed by atoms with van der Waals surface area (Å²) in [5.41, 5.74) is 6.36. The van der Waals surface area contributed by atoms with Crippen molar-refractivity contribution in [2.75, 3.05) is 0 Å². The van der Waals surface area contributed by atoms with Crippen molar-refractivity contribution in [2.24, 2.45) is 0 Å². The highest BCUT2D eigenvalue weighted by Crippen LogP contribution is 2.13. The molecule has 0 saturated carbocycles. The van der Waals surface area contributed by atoms with E-state index in [2.05, 4.69) is 67.4 Å². The molecule has 0 aliphatic carbocycles. The molecule has 0 spiro atoms. The lowest BCUT2D eigenvalue weighted by Gasteiger charge is -2.08. The molecule has 0 heterocycles. The van der Waals surface area contributed by atoms with Gasteiger partial charge in [0.15, 0.2) is 0 Å². The van der Waals surface area contributed by atoms with Gasteiger partial charge in [0.25, 0.3) is 0 Å². The fraction of sp³-hybridized carbons (Fsp3) is 0.263. The number of hydrogen-bond acceptors (Lipinski definition) is 1. The van der Waals surface area contributed by atoms with Crippen molar-refractivity contribution < 1.29 is 0 Å². The first kappa shape index (κ1) is 14.5. The predicted octanol–water partition coefficient (Wildman–Crippen LogP) is 4.57. The molecule has 0 bridgehead atoms. The SMILES string of the molecule is C=C(C)c1cccc(CNCc2ccc(CC)cc2)c1. The van der Waals surface area contributed by atoms with Crippen molar-refractivity contribution in [1.29, 1.82) is 0 Å². The van der Waals surface area contributed by atoms with Gasteiger partial charge < -0.3 is 5.32 Å². The van der Waals surface area contributed by atoms with Gasteiger partial charge in [0.05, 0.1) is 0 Å². The minimum Gasteiger partial charge on any atom is -0.309 e. The number of rotatable bonds is 6. The van der Waals surface area contributed by atoms with Crippen LogP contribution < -0.4 is 5.32 Å². The maximum atomic E-state index is 3.99. The van der Waals surface area contributed by atoms with Gasteiger partial charge in [-0.15, -0.1) is 0 Å². The third-order valence-corrected chi connectivity index (χ3v) is 3.51. The van der Waals surface area contributed by atoms with Crippen LogP contribution in [-0.2, 0) is 19.5 Å². The summed E-state index contributed by atoms with van der Waals surface area (Å²) in [6, 6.07) is 17.4. The van der Waals surface area contributed by atoms with Crippen molar-refractivity contribution in [1.82, 2.24) is 5.32 Å². The smallest absolute Gasteiger partial charge is 0.0208 e. The molecule has 0 saturated heterocycles. The van der Waals surface area contributed by atoms with Gasteiger partial charge in [-0.25, -0.2) is 0 Å². The van der Waals surface area contributed by atoms with Crippen LogP contribution in [0.1, 0.15) is 36.1 Å². The van der Waals surface area contributed by atoms with Crippen molar-refractivity contribution in [3.8, 4) is 0 Å². The van der Waals surface area contributed by atoms with Gasteiger partial charge in [0.1, 0.15) is 0 Å². The summed E-state index contributed by atoms with van der Waals surface area (Å²) in [5.74, 6) is 0. The zero-order valence-electron chi connectivity index (χ0n) is 12.4. The Hall–Kier alpha value is -1.86. The minimum absolute atomic E-state index is 0.886. The largest absolute Gasteiger partial charge is 0.309 e. The maximum absolute atomic E-state index is 3.99. The van der Waals surface area contributed by atoms with Gasteiger partial charge in [-0.2, -0.15) is 0 Å². The number of allylic oxidation sites excluding steroid dienone is 1. The Bertz CT molecular complexity index is 567. The van der Waals surface area contributed by atoms with E-state index in [0.717, 1.165) is 25.1 Å². The molecule has 0 aromatic heterocycles. The van der Waals surface area contributed by atoms with Gasteiger partial charge >= 0.3 is 0 Å². The highest BCUT2D eigenvalue weighted by atomic mass is 14.8. The fourth-order valence-electron chi connectivity index (χ4n) is 2.19. The average molecular weight is 265 g/mol. The topological polar surface area (TPSA) is 12.0 Å². The second kappa shape index (κ2) is 7.06. The van der Waals surface area contributed by atoms with Crippen LogP contribution in [0.2, 0.25) is 0 Å². The normalized spacial score (nSPS) is 10.5. The summed E-state index contributed by atoms with van der Waals surface area (Å²) in [6.07, 6.45) is 1.10. The summed E-state index contributed by atoms with van der Waals surface area (Å²) < 4.78 is 0. The molecule has 1 nitrogen and oxygen atoms in total. The van der Waals surface area contributed by atoms with Crippen LogP contribution in [0.5, 0.6) is 0 Å². The maximum Gasteiger partial charge on any atom is 0.0208 e. The Labute approximate surface area is 122 Å². The summed E-state index contributed by atoms with van der Waals surface area (Å²) >= 11 is 0. The summed E-state index contributed by atoms with van der Waals surface area (Å²) in [4.78, 5) is 0. The van der Waals surface area contributed by atoms with Crippen molar-refractivity contribution in [2.45, 2.75) is 33.4 Å². The standard InChI is InChI=1S/C19H23N/c1-4-16-8-10-17(11-9-16)13-20-14-18-6-5-7-19(12-18)15(2)3/h5-12,20H,2,4,13-14H2,1,3H3. The van der Waals surface area contributed by atoms with Crippen molar-refractivity contribution in [3.63, 3.8) is 0 Å². The monoisotopic (exact) mass is 265 g/mol. The Morgan fingerprint density at radius 3 is 2.25 bits per heavy atom. The zero-order valence-corrected chi connectivity index (χ0v) is 12.4. The number of benzene rings is 2. The number of nitrogens with one attached hydrogen (secondary N) is 1. The van der Waals surface area contributed by atoms with Crippen LogP contribution in [0.25, 0.3) is 5.57 Å². The molecular weight excluding hydrogens is 242 g/mol. The lowest BCUT2D eigenvalue weighted by molar-refractivity contribution is 0.693. The Balaban J connectivity index is 1.88. The molecule has 1 N–H and O–H groups in total. The molecule has 0 unspecified atom stereocenters. The quantitative estimate of drug-likeness (QED) is 0.806. The molecular formula is C19H23N. The Kier molecular flexibility index (Phi) is 5.14.